The molecular weight excluding hydrogens is 382 g/mol. The van der Waals surface area contributed by atoms with Crippen LogP contribution >= 0.6 is 11.6 Å². The Morgan fingerprint density at radius 3 is 2.58 bits per heavy atom. The molecule has 0 bridgehead atoms. The minimum atomic E-state index is -3.48. The average molecular weight is 398 g/mol. The molecule has 1 amide bonds. The number of amides is 1. The van der Waals surface area contributed by atoms with Crippen LogP contribution in [0.25, 0.3) is 0 Å². The molecule has 0 aliphatic heterocycles. The van der Waals surface area contributed by atoms with Crippen LogP contribution in [0.15, 0.2) is 42.6 Å². The lowest BCUT2D eigenvalue weighted by atomic mass is 10.2. The zero-order chi connectivity index (χ0) is 19.3. The van der Waals surface area contributed by atoms with Crippen molar-refractivity contribution in [2.75, 3.05) is 16.3 Å². The lowest BCUT2D eigenvalue weighted by molar-refractivity contribution is -0.123. The number of rotatable bonds is 6. The fourth-order valence-electron chi connectivity index (χ4n) is 1.88. The van der Waals surface area contributed by atoms with Gasteiger partial charge in [0.1, 0.15) is 5.82 Å². The summed E-state index contributed by atoms with van der Waals surface area (Å²) in [5.41, 5.74) is 0.312. The second-order valence-corrected chi connectivity index (χ2v) is 7.54. The molecule has 0 saturated heterocycles. The molecule has 1 aromatic heterocycles. The number of carbonyl (C=O) groups excluding carboxylic acids is 2. The number of hydrogen-bond acceptors (Lipinski definition) is 6. The van der Waals surface area contributed by atoms with Crippen LogP contribution in [-0.2, 0) is 19.6 Å². The second kappa shape index (κ2) is 8.15. The van der Waals surface area contributed by atoms with Crippen molar-refractivity contribution >= 4 is 45.0 Å². The smallest absolute Gasteiger partial charge is 0.338 e. The van der Waals surface area contributed by atoms with E-state index in [1.807, 2.05) is 0 Å². The molecule has 0 spiro atoms. The molecule has 1 atom stereocenters. The van der Waals surface area contributed by atoms with Crippen molar-refractivity contribution in [3.63, 3.8) is 0 Å². The zero-order valence-electron chi connectivity index (χ0n) is 13.9. The highest BCUT2D eigenvalue weighted by Crippen LogP contribution is 2.14. The molecule has 10 heteroatoms. The van der Waals surface area contributed by atoms with Crippen LogP contribution in [0.5, 0.6) is 0 Å². The number of ether oxygens (including phenoxy) is 1. The summed E-state index contributed by atoms with van der Waals surface area (Å²) in [5, 5.41) is 2.91. The van der Waals surface area contributed by atoms with Gasteiger partial charge in [-0.25, -0.2) is 18.2 Å². The number of esters is 1. The standard InChI is InChI=1S/C16H16ClN3O5S/c1-10(15(21)19-14-7-6-12(17)9-18-14)25-16(22)11-4-3-5-13(8-11)20-26(2,23)24/h3-10,20H,1-2H3,(H,18,19,21). The summed E-state index contributed by atoms with van der Waals surface area (Å²) in [4.78, 5) is 28.1. The van der Waals surface area contributed by atoms with Gasteiger partial charge >= 0.3 is 5.97 Å². The summed E-state index contributed by atoms with van der Waals surface area (Å²) >= 11 is 5.71. The van der Waals surface area contributed by atoms with Crippen molar-refractivity contribution < 1.29 is 22.7 Å². The molecule has 8 nitrogen and oxygen atoms in total. The van der Waals surface area contributed by atoms with Gasteiger partial charge in [0.05, 0.1) is 16.8 Å². The predicted molar refractivity (Wildman–Crippen MR) is 97.7 cm³/mol. The maximum Gasteiger partial charge on any atom is 0.338 e. The quantitative estimate of drug-likeness (QED) is 0.723. The number of halogens is 1. The molecule has 0 aliphatic rings. The molecule has 2 N–H and O–H groups in total. The van der Waals surface area contributed by atoms with E-state index in [-0.39, 0.29) is 17.1 Å². The Morgan fingerprint density at radius 2 is 1.96 bits per heavy atom. The van der Waals surface area contributed by atoms with Gasteiger partial charge in [-0.05, 0) is 37.3 Å². The number of pyridine rings is 1. The normalized spacial score (nSPS) is 12.1. The summed E-state index contributed by atoms with van der Waals surface area (Å²) in [7, 11) is -3.48. The maximum absolute atomic E-state index is 12.2. The highest BCUT2D eigenvalue weighted by atomic mass is 35.5. The first-order chi connectivity index (χ1) is 12.1. The van der Waals surface area contributed by atoms with Crippen molar-refractivity contribution in [1.82, 2.24) is 4.98 Å². The van der Waals surface area contributed by atoms with Crippen LogP contribution in [-0.4, -0.2) is 37.6 Å². The lowest BCUT2D eigenvalue weighted by Gasteiger charge is -2.13. The fraction of sp³-hybridized carbons (Fsp3) is 0.188. The van der Waals surface area contributed by atoms with E-state index >= 15 is 0 Å². The van der Waals surface area contributed by atoms with Crippen LogP contribution in [0, 0.1) is 0 Å². The third-order valence-electron chi connectivity index (χ3n) is 3.03. The highest BCUT2D eigenvalue weighted by molar-refractivity contribution is 7.92. The van der Waals surface area contributed by atoms with Gasteiger partial charge in [0.2, 0.25) is 10.0 Å². The van der Waals surface area contributed by atoms with E-state index < -0.39 is 28.0 Å². The summed E-state index contributed by atoms with van der Waals surface area (Å²) in [6.07, 6.45) is 1.27. The number of aromatic nitrogens is 1. The van der Waals surface area contributed by atoms with Crippen molar-refractivity contribution in [3.8, 4) is 0 Å². The molecule has 0 radical (unpaired) electrons. The Balaban J connectivity index is 2.01. The van der Waals surface area contributed by atoms with Gasteiger partial charge in [0.15, 0.2) is 6.10 Å². The van der Waals surface area contributed by atoms with E-state index in [4.69, 9.17) is 16.3 Å². The minimum absolute atomic E-state index is 0.0999. The average Bonchev–Trinajstić information content (AvgIpc) is 2.55. The first-order valence-corrected chi connectivity index (χ1v) is 9.62. The monoisotopic (exact) mass is 397 g/mol. The summed E-state index contributed by atoms with van der Waals surface area (Å²) in [6, 6.07) is 8.80. The number of sulfonamides is 1. The Labute approximate surface area is 155 Å². The number of hydrogen-bond donors (Lipinski definition) is 2. The van der Waals surface area contributed by atoms with Crippen LogP contribution in [0.4, 0.5) is 11.5 Å². The molecule has 1 heterocycles. The molecule has 2 aromatic rings. The molecule has 0 saturated carbocycles. The largest absolute Gasteiger partial charge is 0.449 e. The Hall–Kier alpha value is -2.65. The summed E-state index contributed by atoms with van der Waals surface area (Å²) in [6.45, 7) is 1.40. The summed E-state index contributed by atoms with van der Waals surface area (Å²) in [5.74, 6) is -1.07. The number of nitrogens with zero attached hydrogens (tertiary/aromatic N) is 1. The van der Waals surface area contributed by atoms with E-state index in [0.29, 0.717) is 5.02 Å². The molecule has 0 fully saturated rings. The minimum Gasteiger partial charge on any atom is -0.449 e. The van der Waals surface area contributed by atoms with E-state index in [1.54, 1.807) is 6.07 Å². The Kier molecular flexibility index (Phi) is 6.17. The predicted octanol–water partition coefficient (Wildman–Crippen LogP) is 2.29. The van der Waals surface area contributed by atoms with Crippen LogP contribution in [0.1, 0.15) is 17.3 Å². The van der Waals surface area contributed by atoms with Gasteiger partial charge in [0.25, 0.3) is 5.91 Å². The van der Waals surface area contributed by atoms with E-state index in [0.717, 1.165) is 6.26 Å². The third-order valence-corrected chi connectivity index (χ3v) is 3.86. The van der Waals surface area contributed by atoms with Crippen molar-refractivity contribution in [2.24, 2.45) is 0 Å². The van der Waals surface area contributed by atoms with Crippen LogP contribution < -0.4 is 10.0 Å². The van der Waals surface area contributed by atoms with Crippen molar-refractivity contribution in [1.29, 1.82) is 0 Å². The molecule has 1 unspecified atom stereocenters. The molecule has 2 rings (SSSR count). The first-order valence-electron chi connectivity index (χ1n) is 7.35. The SMILES string of the molecule is CC(OC(=O)c1cccc(NS(C)(=O)=O)c1)C(=O)Nc1ccc(Cl)cn1. The van der Waals surface area contributed by atoms with Crippen LogP contribution in [0.3, 0.4) is 0 Å². The second-order valence-electron chi connectivity index (χ2n) is 5.35. The number of benzene rings is 1. The third kappa shape index (κ3) is 6.01. The van der Waals surface area contributed by atoms with Gasteiger partial charge in [-0.15, -0.1) is 0 Å². The van der Waals surface area contributed by atoms with Gasteiger partial charge in [0, 0.05) is 11.9 Å². The summed E-state index contributed by atoms with van der Waals surface area (Å²) < 4.78 is 29.9. The van der Waals surface area contributed by atoms with E-state index in [9.17, 15) is 18.0 Å². The van der Waals surface area contributed by atoms with Crippen molar-refractivity contribution in [2.45, 2.75) is 13.0 Å². The zero-order valence-corrected chi connectivity index (χ0v) is 15.5. The Bertz CT molecular complexity index is 916. The van der Waals surface area contributed by atoms with Gasteiger partial charge < -0.3 is 10.1 Å². The highest BCUT2D eigenvalue weighted by Gasteiger charge is 2.20. The molecular formula is C16H16ClN3O5S. The van der Waals surface area contributed by atoms with E-state index in [2.05, 4.69) is 15.0 Å². The Morgan fingerprint density at radius 1 is 1.23 bits per heavy atom. The maximum atomic E-state index is 12.2. The van der Waals surface area contributed by atoms with Crippen LogP contribution in [0.2, 0.25) is 5.02 Å². The molecule has 1 aromatic carbocycles. The van der Waals surface area contributed by atoms with E-state index in [1.165, 1.54) is 43.5 Å². The molecule has 0 aliphatic carbocycles. The number of anilines is 2. The number of nitrogens with one attached hydrogen (secondary N) is 2. The van der Waals surface area contributed by atoms with Gasteiger partial charge in [-0.1, -0.05) is 17.7 Å². The first kappa shape index (κ1) is 19.7. The topological polar surface area (TPSA) is 114 Å². The van der Waals surface area contributed by atoms with Gasteiger partial charge in [-0.2, -0.15) is 0 Å². The fourth-order valence-corrected chi connectivity index (χ4v) is 2.55. The van der Waals surface area contributed by atoms with Crippen molar-refractivity contribution in [3.05, 3.63) is 53.2 Å². The molecule has 138 valence electrons. The molecule has 26 heavy (non-hydrogen) atoms. The lowest BCUT2D eigenvalue weighted by Crippen LogP contribution is -2.30. The number of carbonyl (C=O) groups is 2. The van der Waals surface area contributed by atoms with Gasteiger partial charge in [-0.3, -0.25) is 9.52 Å².